The van der Waals surface area contributed by atoms with Gasteiger partial charge in [0, 0.05) is 18.5 Å². The third kappa shape index (κ3) is 5.10. The summed E-state index contributed by atoms with van der Waals surface area (Å²) in [5.41, 5.74) is 0.841. The number of aryl methyl sites for hydroxylation is 1. The molecular weight excluding hydrogens is 383 g/mol. The lowest BCUT2D eigenvalue weighted by molar-refractivity contribution is -0.144. The van der Waals surface area contributed by atoms with E-state index in [1.54, 1.807) is 17.0 Å². The van der Waals surface area contributed by atoms with Crippen molar-refractivity contribution in [3.05, 3.63) is 59.3 Å². The van der Waals surface area contributed by atoms with E-state index in [4.69, 9.17) is 4.42 Å². The van der Waals surface area contributed by atoms with Crippen LogP contribution in [0, 0.1) is 18.7 Å². The zero-order valence-corrected chi connectivity index (χ0v) is 17.5. The largest absolute Gasteiger partial charge is 0.464 e. The van der Waals surface area contributed by atoms with Crippen LogP contribution in [0.1, 0.15) is 55.6 Å². The van der Waals surface area contributed by atoms with Crippen LogP contribution in [0.4, 0.5) is 4.39 Å². The second-order valence-corrected chi connectivity index (χ2v) is 8.57. The van der Waals surface area contributed by atoms with Crippen LogP contribution in [0.15, 0.2) is 40.8 Å². The highest BCUT2D eigenvalue weighted by atomic mass is 19.1. The minimum absolute atomic E-state index is 0.0664. The van der Waals surface area contributed by atoms with Crippen molar-refractivity contribution in [2.24, 2.45) is 5.92 Å². The molecule has 1 heterocycles. The van der Waals surface area contributed by atoms with Crippen LogP contribution >= 0.6 is 0 Å². The average Bonchev–Trinajstić information content (AvgIpc) is 3.25. The SMILES string of the molecule is Cc1ccc(CN(Cc2ccc(F)cc2)C(=O)CN(C(=O)C2CCCC2)C2CC2)o1. The maximum absolute atomic E-state index is 13.3. The first-order valence-electron chi connectivity index (χ1n) is 10.9. The second kappa shape index (κ2) is 9.02. The molecule has 1 aromatic heterocycles. The van der Waals surface area contributed by atoms with Crippen molar-refractivity contribution in [1.82, 2.24) is 9.80 Å². The highest BCUT2D eigenvalue weighted by Gasteiger charge is 2.38. The van der Waals surface area contributed by atoms with Crippen LogP contribution in [0.3, 0.4) is 0 Å². The lowest BCUT2D eigenvalue weighted by Gasteiger charge is -2.29. The number of amides is 2. The molecule has 30 heavy (non-hydrogen) atoms. The highest BCUT2D eigenvalue weighted by molar-refractivity contribution is 5.86. The van der Waals surface area contributed by atoms with Gasteiger partial charge in [0.1, 0.15) is 23.9 Å². The molecule has 1 aromatic carbocycles. The monoisotopic (exact) mass is 412 g/mol. The average molecular weight is 413 g/mol. The summed E-state index contributed by atoms with van der Waals surface area (Å²) in [4.78, 5) is 29.8. The quantitative estimate of drug-likeness (QED) is 0.644. The number of rotatable bonds is 8. The fraction of sp³-hybridized carbons (Fsp3) is 0.500. The Morgan fingerprint density at radius 2 is 1.70 bits per heavy atom. The smallest absolute Gasteiger partial charge is 0.242 e. The van der Waals surface area contributed by atoms with Crippen LogP contribution < -0.4 is 0 Å². The summed E-state index contributed by atoms with van der Waals surface area (Å²) in [6, 6.07) is 10.1. The van der Waals surface area contributed by atoms with Crippen molar-refractivity contribution >= 4 is 11.8 Å². The molecule has 0 bridgehead atoms. The van der Waals surface area contributed by atoms with E-state index >= 15 is 0 Å². The Hall–Kier alpha value is -2.63. The van der Waals surface area contributed by atoms with Crippen LogP contribution in [0.5, 0.6) is 0 Å². The molecule has 160 valence electrons. The Morgan fingerprint density at radius 1 is 1.00 bits per heavy atom. The number of halogens is 1. The Morgan fingerprint density at radius 3 is 2.30 bits per heavy atom. The third-order valence-corrected chi connectivity index (χ3v) is 6.06. The van der Waals surface area contributed by atoms with Gasteiger partial charge in [0.05, 0.1) is 6.54 Å². The van der Waals surface area contributed by atoms with Crippen molar-refractivity contribution in [3.63, 3.8) is 0 Å². The number of benzene rings is 1. The molecule has 0 N–H and O–H groups in total. The molecule has 2 fully saturated rings. The van der Waals surface area contributed by atoms with Crippen molar-refractivity contribution < 1.29 is 18.4 Å². The van der Waals surface area contributed by atoms with Gasteiger partial charge in [-0.05, 0) is 62.4 Å². The molecule has 5 nitrogen and oxygen atoms in total. The van der Waals surface area contributed by atoms with Gasteiger partial charge in [0.15, 0.2) is 0 Å². The molecule has 2 aromatic rings. The van der Waals surface area contributed by atoms with Gasteiger partial charge in [-0.1, -0.05) is 25.0 Å². The molecule has 2 aliphatic rings. The first-order valence-corrected chi connectivity index (χ1v) is 10.9. The summed E-state index contributed by atoms with van der Waals surface area (Å²) in [6.07, 6.45) is 6.00. The summed E-state index contributed by atoms with van der Waals surface area (Å²) in [6.45, 7) is 2.63. The van der Waals surface area contributed by atoms with Gasteiger partial charge in [-0.2, -0.15) is 0 Å². The van der Waals surface area contributed by atoms with Gasteiger partial charge >= 0.3 is 0 Å². The molecule has 0 unspecified atom stereocenters. The number of furan rings is 1. The van der Waals surface area contributed by atoms with Crippen LogP contribution in [0.2, 0.25) is 0 Å². The topological polar surface area (TPSA) is 53.8 Å². The van der Waals surface area contributed by atoms with Crippen molar-refractivity contribution in [3.8, 4) is 0 Å². The minimum atomic E-state index is -0.305. The standard InChI is InChI=1S/C24H29FN2O3/c1-17-6-13-22(30-17)15-26(14-18-7-9-20(25)10-8-18)23(28)16-27(21-11-12-21)24(29)19-4-2-3-5-19/h6-10,13,19,21H,2-5,11-12,14-16H2,1H3. The van der Waals surface area contributed by atoms with E-state index in [0.717, 1.165) is 49.8 Å². The van der Waals surface area contributed by atoms with E-state index in [1.165, 1.54) is 12.1 Å². The van der Waals surface area contributed by atoms with Crippen molar-refractivity contribution in [1.29, 1.82) is 0 Å². The van der Waals surface area contributed by atoms with E-state index < -0.39 is 0 Å². The normalized spacial score (nSPS) is 16.6. The fourth-order valence-corrected chi connectivity index (χ4v) is 4.23. The zero-order valence-electron chi connectivity index (χ0n) is 17.5. The lowest BCUT2D eigenvalue weighted by Crippen LogP contribution is -2.45. The molecule has 2 amide bonds. The molecule has 0 spiro atoms. The summed E-state index contributed by atoms with van der Waals surface area (Å²) in [5, 5.41) is 0. The highest BCUT2D eigenvalue weighted by Crippen LogP contribution is 2.33. The maximum atomic E-state index is 13.3. The Bertz CT molecular complexity index is 882. The van der Waals surface area contributed by atoms with Crippen molar-refractivity contribution in [2.75, 3.05) is 6.54 Å². The molecule has 2 aliphatic carbocycles. The van der Waals surface area contributed by atoms with E-state index in [9.17, 15) is 14.0 Å². The van der Waals surface area contributed by atoms with Gasteiger partial charge in [0.25, 0.3) is 0 Å². The summed E-state index contributed by atoms with van der Waals surface area (Å²) in [5.74, 6) is 1.28. The van der Waals surface area contributed by atoms with Gasteiger partial charge < -0.3 is 14.2 Å². The lowest BCUT2D eigenvalue weighted by atomic mass is 10.1. The first-order chi connectivity index (χ1) is 14.5. The Kier molecular flexibility index (Phi) is 6.21. The van der Waals surface area contributed by atoms with E-state index in [1.807, 2.05) is 24.0 Å². The van der Waals surface area contributed by atoms with E-state index in [0.29, 0.717) is 18.8 Å². The Labute approximate surface area is 176 Å². The molecule has 2 saturated carbocycles. The Balaban J connectivity index is 1.49. The predicted octanol–water partition coefficient (Wildman–Crippen LogP) is 4.44. The number of nitrogens with zero attached hydrogens (tertiary/aromatic N) is 2. The van der Waals surface area contributed by atoms with E-state index in [-0.39, 0.29) is 36.1 Å². The van der Waals surface area contributed by atoms with Crippen LogP contribution in [-0.2, 0) is 22.7 Å². The molecule has 0 radical (unpaired) electrons. The van der Waals surface area contributed by atoms with Crippen LogP contribution in [-0.4, -0.2) is 34.2 Å². The second-order valence-electron chi connectivity index (χ2n) is 8.57. The maximum Gasteiger partial charge on any atom is 0.242 e. The molecular formula is C24H29FN2O3. The molecule has 6 heteroatoms. The number of hydrogen-bond acceptors (Lipinski definition) is 3. The molecule has 0 saturated heterocycles. The van der Waals surface area contributed by atoms with E-state index in [2.05, 4.69) is 0 Å². The molecule has 4 rings (SSSR count). The van der Waals surface area contributed by atoms with Crippen molar-refractivity contribution in [2.45, 2.75) is 64.6 Å². The fourth-order valence-electron chi connectivity index (χ4n) is 4.23. The number of hydrogen-bond donors (Lipinski definition) is 0. The number of carbonyl (C=O) groups excluding carboxylic acids is 2. The zero-order chi connectivity index (χ0) is 21.1. The third-order valence-electron chi connectivity index (χ3n) is 6.06. The first kappa shape index (κ1) is 20.6. The molecule has 0 atom stereocenters. The van der Waals surface area contributed by atoms with Gasteiger partial charge in [-0.3, -0.25) is 9.59 Å². The van der Waals surface area contributed by atoms with Crippen LogP contribution in [0.25, 0.3) is 0 Å². The van der Waals surface area contributed by atoms with Gasteiger partial charge in [-0.25, -0.2) is 4.39 Å². The predicted molar refractivity (Wildman–Crippen MR) is 111 cm³/mol. The van der Waals surface area contributed by atoms with Gasteiger partial charge in [0.2, 0.25) is 11.8 Å². The summed E-state index contributed by atoms with van der Waals surface area (Å²) in [7, 11) is 0. The molecule has 0 aliphatic heterocycles. The van der Waals surface area contributed by atoms with Gasteiger partial charge in [-0.15, -0.1) is 0 Å². The number of carbonyl (C=O) groups is 2. The summed E-state index contributed by atoms with van der Waals surface area (Å²) < 4.78 is 19.0. The summed E-state index contributed by atoms with van der Waals surface area (Å²) >= 11 is 0. The minimum Gasteiger partial charge on any atom is -0.464 e.